The van der Waals surface area contributed by atoms with Crippen molar-refractivity contribution in [3.8, 4) is 0 Å². The van der Waals surface area contributed by atoms with Crippen molar-refractivity contribution < 1.29 is 0 Å². The van der Waals surface area contributed by atoms with E-state index < -0.39 is 0 Å². The summed E-state index contributed by atoms with van der Waals surface area (Å²) < 4.78 is 0. The second kappa shape index (κ2) is 5.48. The smallest absolute Gasteiger partial charge is 0.0235 e. The monoisotopic (exact) mass is 225 g/mol. The van der Waals surface area contributed by atoms with Crippen LogP contribution >= 0.6 is 0 Å². The number of hydrogen-bond acceptors (Lipinski definition) is 3. The van der Waals surface area contributed by atoms with Crippen LogP contribution in [0.15, 0.2) is 0 Å². The van der Waals surface area contributed by atoms with Gasteiger partial charge in [-0.3, -0.25) is 0 Å². The zero-order valence-corrected chi connectivity index (χ0v) is 10.9. The Morgan fingerprint density at radius 1 is 1.19 bits per heavy atom. The van der Waals surface area contributed by atoms with Crippen molar-refractivity contribution in [3.63, 3.8) is 0 Å². The molecule has 1 aliphatic carbocycles. The third kappa shape index (κ3) is 2.96. The molecule has 3 nitrogen and oxygen atoms in total. The maximum atomic E-state index is 6.37. The Balaban J connectivity index is 1.82. The molecule has 2 atom stereocenters. The molecule has 0 radical (unpaired) electrons. The molecule has 2 fully saturated rings. The molecule has 2 unspecified atom stereocenters. The average molecular weight is 225 g/mol. The van der Waals surface area contributed by atoms with E-state index in [2.05, 4.69) is 23.9 Å². The lowest BCUT2D eigenvalue weighted by atomic mass is 9.92. The summed E-state index contributed by atoms with van der Waals surface area (Å²) in [6, 6.07) is 1.11. The molecule has 0 aromatic rings. The minimum absolute atomic E-state index is 0.432. The van der Waals surface area contributed by atoms with Crippen molar-refractivity contribution in [1.29, 1.82) is 0 Å². The second-order valence-electron chi connectivity index (χ2n) is 5.84. The molecule has 1 saturated carbocycles. The summed E-state index contributed by atoms with van der Waals surface area (Å²) in [5.41, 5.74) is 6.37. The summed E-state index contributed by atoms with van der Waals surface area (Å²) >= 11 is 0. The molecule has 0 spiro atoms. The number of likely N-dealkylation sites (N-methyl/N-ethyl adjacent to an activating group) is 2. The van der Waals surface area contributed by atoms with E-state index in [0.29, 0.717) is 12.1 Å². The number of piperazine rings is 1. The summed E-state index contributed by atoms with van der Waals surface area (Å²) in [7, 11) is 4.47. The van der Waals surface area contributed by atoms with E-state index in [-0.39, 0.29) is 0 Å². The van der Waals surface area contributed by atoms with Crippen LogP contribution in [-0.4, -0.2) is 55.6 Å². The minimum atomic E-state index is 0.432. The largest absolute Gasteiger partial charge is 0.327 e. The number of nitrogens with zero attached hydrogens (tertiary/aromatic N) is 2. The molecule has 16 heavy (non-hydrogen) atoms. The first-order chi connectivity index (χ1) is 7.66. The quantitative estimate of drug-likeness (QED) is 0.782. The first-order valence-corrected chi connectivity index (χ1v) is 6.81. The molecule has 0 amide bonds. The van der Waals surface area contributed by atoms with Gasteiger partial charge in [-0.1, -0.05) is 12.8 Å². The number of rotatable bonds is 3. The number of hydrogen-bond donors (Lipinski definition) is 1. The van der Waals surface area contributed by atoms with Crippen molar-refractivity contribution >= 4 is 0 Å². The SMILES string of the molecule is CN1CCN(C)C(CC(N)C2CCCC2)C1. The Bertz CT molecular complexity index is 213. The summed E-state index contributed by atoms with van der Waals surface area (Å²) in [5, 5.41) is 0. The van der Waals surface area contributed by atoms with Crippen LogP contribution in [0, 0.1) is 5.92 Å². The zero-order chi connectivity index (χ0) is 11.5. The fourth-order valence-electron chi connectivity index (χ4n) is 3.25. The molecule has 0 aromatic carbocycles. The Hall–Kier alpha value is -0.120. The lowest BCUT2D eigenvalue weighted by molar-refractivity contribution is 0.0991. The highest BCUT2D eigenvalue weighted by Gasteiger charge is 2.28. The van der Waals surface area contributed by atoms with Gasteiger partial charge in [0.15, 0.2) is 0 Å². The molecular formula is C13H27N3. The van der Waals surface area contributed by atoms with Gasteiger partial charge in [-0.05, 0) is 39.3 Å². The Morgan fingerprint density at radius 2 is 1.88 bits per heavy atom. The zero-order valence-electron chi connectivity index (χ0n) is 10.9. The van der Waals surface area contributed by atoms with Crippen molar-refractivity contribution in [3.05, 3.63) is 0 Å². The highest BCUT2D eigenvalue weighted by Crippen LogP contribution is 2.29. The van der Waals surface area contributed by atoms with Crippen LogP contribution in [0.2, 0.25) is 0 Å². The van der Waals surface area contributed by atoms with Gasteiger partial charge in [0, 0.05) is 31.7 Å². The second-order valence-corrected chi connectivity index (χ2v) is 5.84. The standard InChI is InChI=1S/C13H27N3/c1-15-7-8-16(2)12(10-15)9-13(14)11-5-3-4-6-11/h11-13H,3-10,14H2,1-2H3. The molecule has 2 aliphatic rings. The summed E-state index contributed by atoms with van der Waals surface area (Å²) in [6.45, 7) is 3.58. The predicted octanol–water partition coefficient (Wildman–Crippen LogP) is 1.14. The first kappa shape index (κ1) is 12.3. The highest BCUT2D eigenvalue weighted by atomic mass is 15.3. The van der Waals surface area contributed by atoms with Crippen LogP contribution in [0.5, 0.6) is 0 Å². The summed E-state index contributed by atoms with van der Waals surface area (Å²) in [5.74, 6) is 0.806. The van der Waals surface area contributed by atoms with E-state index in [9.17, 15) is 0 Å². The van der Waals surface area contributed by atoms with Gasteiger partial charge in [0.25, 0.3) is 0 Å². The van der Waals surface area contributed by atoms with Crippen LogP contribution in [0.4, 0.5) is 0 Å². The normalized spacial score (nSPS) is 32.1. The topological polar surface area (TPSA) is 32.5 Å². The third-order valence-corrected chi connectivity index (χ3v) is 4.53. The molecule has 2 N–H and O–H groups in total. The lowest BCUT2D eigenvalue weighted by Gasteiger charge is -2.39. The molecule has 1 aliphatic heterocycles. The maximum absolute atomic E-state index is 6.37. The van der Waals surface area contributed by atoms with Crippen LogP contribution in [0.1, 0.15) is 32.1 Å². The van der Waals surface area contributed by atoms with E-state index >= 15 is 0 Å². The fraction of sp³-hybridized carbons (Fsp3) is 1.00. The van der Waals surface area contributed by atoms with Crippen LogP contribution in [0.25, 0.3) is 0 Å². The number of nitrogens with two attached hydrogens (primary N) is 1. The maximum Gasteiger partial charge on any atom is 0.0235 e. The van der Waals surface area contributed by atoms with Gasteiger partial charge in [-0.15, -0.1) is 0 Å². The molecule has 1 saturated heterocycles. The van der Waals surface area contributed by atoms with Gasteiger partial charge in [-0.2, -0.15) is 0 Å². The lowest BCUT2D eigenvalue weighted by Crippen LogP contribution is -2.52. The van der Waals surface area contributed by atoms with Crippen LogP contribution in [-0.2, 0) is 0 Å². The average Bonchev–Trinajstić information content (AvgIpc) is 2.76. The summed E-state index contributed by atoms with van der Waals surface area (Å²) in [4.78, 5) is 4.93. The van der Waals surface area contributed by atoms with Gasteiger partial charge in [-0.25, -0.2) is 0 Å². The fourth-order valence-corrected chi connectivity index (χ4v) is 3.25. The summed E-state index contributed by atoms with van der Waals surface area (Å²) in [6.07, 6.45) is 6.73. The van der Waals surface area contributed by atoms with E-state index in [1.165, 1.54) is 51.7 Å². The van der Waals surface area contributed by atoms with Crippen LogP contribution < -0.4 is 5.73 Å². The van der Waals surface area contributed by atoms with Gasteiger partial charge < -0.3 is 15.5 Å². The molecule has 1 heterocycles. The molecule has 94 valence electrons. The van der Waals surface area contributed by atoms with Gasteiger partial charge in [0.2, 0.25) is 0 Å². The molecular weight excluding hydrogens is 198 g/mol. The van der Waals surface area contributed by atoms with Crippen molar-refractivity contribution in [1.82, 2.24) is 9.80 Å². The Morgan fingerprint density at radius 3 is 2.56 bits per heavy atom. The molecule has 0 bridgehead atoms. The molecule has 3 heteroatoms. The van der Waals surface area contributed by atoms with Crippen molar-refractivity contribution in [2.24, 2.45) is 11.7 Å². The van der Waals surface area contributed by atoms with E-state index in [1.807, 2.05) is 0 Å². The van der Waals surface area contributed by atoms with Gasteiger partial charge in [0.1, 0.15) is 0 Å². The van der Waals surface area contributed by atoms with E-state index in [0.717, 1.165) is 5.92 Å². The third-order valence-electron chi connectivity index (χ3n) is 4.53. The minimum Gasteiger partial charge on any atom is -0.327 e. The predicted molar refractivity (Wildman–Crippen MR) is 68.5 cm³/mol. The van der Waals surface area contributed by atoms with Gasteiger partial charge >= 0.3 is 0 Å². The molecule has 2 rings (SSSR count). The Labute approximate surface area is 100.0 Å². The van der Waals surface area contributed by atoms with Crippen molar-refractivity contribution in [2.75, 3.05) is 33.7 Å². The van der Waals surface area contributed by atoms with Gasteiger partial charge in [0.05, 0.1) is 0 Å². The van der Waals surface area contributed by atoms with E-state index in [4.69, 9.17) is 5.73 Å². The van der Waals surface area contributed by atoms with Crippen LogP contribution in [0.3, 0.4) is 0 Å². The van der Waals surface area contributed by atoms with Crippen molar-refractivity contribution in [2.45, 2.75) is 44.2 Å². The Kier molecular flexibility index (Phi) is 4.22. The first-order valence-electron chi connectivity index (χ1n) is 6.81. The van der Waals surface area contributed by atoms with E-state index in [1.54, 1.807) is 0 Å². The highest BCUT2D eigenvalue weighted by molar-refractivity contribution is 4.86. The molecule has 0 aromatic heterocycles.